The fourth-order valence-electron chi connectivity index (χ4n) is 3.14. The molecular weight excluding hydrogens is 407 g/mol. The molecule has 0 atom stereocenters. The second-order valence-electron chi connectivity index (χ2n) is 6.59. The molecule has 5 nitrogen and oxygen atoms in total. The molecular formula is C19H20Cl2N2O3S. The molecule has 3 rings (SSSR count). The van der Waals surface area contributed by atoms with Crippen molar-refractivity contribution in [3.63, 3.8) is 0 Å². The van der Waals surface area contributed by atoms with Gasteiger partial charge in [0, 0.05) is 31.7 Å². The van der Waals surface area contributed by atoms with E-state index in [9.17, 15) is 13.2 Å². The number of halogens is 2. The molecule has 1 aliphatic heterocycles. The lowest BCUT2D eigenvalue weighted by atomic mass is 10.0. The molecule has 2 aromatic carbocycles. The highest BCUT2D eigenvalue weighted by atomic mass is 35.5. The van der Waals surface area contributed by atoms with E-state index in [0.29, 0.717) is 23.7 Å². The number of amides is 1. The zero-order chi connectivity index (χ0) is 19.8. The van der Waals surface area contributed by atoms with Crippen molar-refractivity contribution in [3.8, 4) is 0 Å². The third-order valence-electron chi connectivity index (χ3n) is 4.67. The van der Waals surface area contributed by atoms with Crippen LogP contribution in [-0.2, 0) is 10.0 Å². The van der Waals surface area contributed by atoms with Crippen LogP contribution >= 0.6 is 23.2 Å². The Morgan fingerprint density at radius 3 is 2.19 bits per heavy atom. The number of hydrogen-bond donors (Lipinski definition) is 0. The van der Waals surface area contributed by atoms with Crippen molar-refractivity contribution in [1.29, 1.82) is 0 Å². The third-order valence-corrected chi connectivity index (χ3v) is 7.30. The molecule has 0 radical (unpaired) electrons. The van der Waals surface area contributed by atoms with E-state index in [1.54, 1.807) is 4.90 Å². The molecule has 144 valence electrons. The zero-order valence-corrected chi connectivity index (χ0v) is 17.4. The summed E-state index contributed by atoms with van der Waals surface area (Å²) >= 11 is 11.8. The van der Waals surface area contributed by atoms with Crippen molar-refractivity contribution in [2.45, 2.75) is 18.7 Å². The number of rotatable bonds is 3. The Hall–Kier alpha value is -1.60. The van der Waals surface area contributed by atoms with E-state index in [2.05, 4.69) is 0 Å². The Labute approximate surface area is 169 Å². The summed E-state index contributed by atoms with van der Waals surface area (Å²) in [7, 11) is -3.68. The lowest BCUT2D eigenvalue weighted by Crippen LogP contribution is -2.50. The molecule has 0 aromatic heterocycles. The van der Waals surface area contributed by atoms with Crippen molar-refractivity contribution in [1.82, 2.24) is 9.21 Å². The summed E-state index contributed by atoms with van der Waals surface area (Å²) in [6, 6.07) is 9.97. The van der Waals surface area contributed by atoms with Gasteiger partial charge in [0.2, 0.25) is 10.0 Å². The quantitative estimate of drug-likeness (QED) is 0.750. The molecule has 1 amide bonds. The van der Waals surface area contributed by atoms with Gasteiger partial charge < -0.3 is 4.90 Å². The van der Waals surface area contributed by atoms with Gasteiger partial charge in [-0.1, -0.05) is 40.9 Å². The minimum Gasteiger partial charge on any atom is -0.336 e. The van der Waals surface area contributed by atoms with Crippen LogP contribution in [0.4, 0.5) is 0 Å². The van der Waals surface area contributed by atoms with Gasteiger partial charge in [0.15, 0.2) is 0 Å². The van der Waals surface area contributed by atoms with Crippen LogP contribution in [-0.4, -0.2) is 49.7 Å². The SMILES string of the molecule is Cc1ccc(C(=O)N2CCN(S(=O)(=O)c3ccc(Cl)c(Cl)c3)CC2)c(C)c1. The lowest BCUT2D eigenvalue weighted by molar-refractivity contribution is 0.0697. The minimum absolute atomic E-state index is 0.0703. The average Bonchev–Trinajstić information content (AvgIpc) is 2.63. The first kappa shape index (κ1) is 20.1. The second kappa shape index (κ2) is 7.80. The molecule has 0 bridgehead atoms. The van der Waals surface area contributed by atoms with Crippen LogP contribution in [0.15, 0.2) is 41.3 Å². The molecule has 1 aliphatic rings. The Kier molecular flexibility index (Phi) is 5.82. The number of benzene rings is 2. The summed E-state index contributed by atoms with van der Waals surface area (Å²) in [4.78, 5) is 14.6. The maximum Gasteiger partial charge on any atom is 0.254 e. The average molecular weight is 427 g/mol. The molecule has 0 spiro atoms. The number of carbonyl (C=O) groups excluding carboxylic acids is 1. The highest BCUT2D eigenvalue weighted by Gasteiger charge is 2.31. The highest BCUT2D eigenvalue weighted by molar-refractivity contribution is 7.89. The summed E-state index contributed by atoms with van der Waals surface area (Å²) < 4.78 is 27.0. The first-order valence-corrected chi connectivity index (χ1v) is 10.7. The monoisotopic (exact) mass is 426 g/mol. The van der Waals surface area contributed by atoms with E-state index in [0.717, 1.165) is 11.1 Å². The fraction of sp³-hybridized carbons (Fsp3) is 0.316. The number of sulfonamides is 1. The van der Waals surface area contributed by atoms with E-state index < -0.39 is 10.0 Å². The maximum atomic E-state index is 12.8. The van der Waals surface area contributed by atoms with E-state index in [-0.39, 0.29) is 28.9 Å². The van der Waals surface area contributed by atoms with E-state index in [4.69, 9.17) is 23.2 Å². The van der Waals surface area contributed by atoms with Crippen molar-refractivity contribution in [2.24, 2.45) is 0 Å². The topological polar surface area (TPSA) is 57.7 Å². The first-order valence-electron chi connectivity index (χ1n) is 8.52. The zero-order valence-electron chi connectivity index (χ0n) is 15.1. The van der Waals surface area contributed by atoms with Gasteiger partial charge in [-0.15, -0.1) is 0 Å². The van der Waals surface area contributed by atoms with Crippen LogP contribution in [0, 0.1) is 13.8 Å². The van der Waals surface area contributed by atoms with Gasteiger partial charge in [-0.05, 0) is 43.7 Å². The van der Waals surface area contributed by atoms with Crippen LogP contribution in [0.5, 0.6) is 0 Å². The van der Waals surface area contributed by atoms with E-state index >= 15 is 0 Å². The molecule has 1 heterocycles. The molecule has 0 unspecified atom stereocenters. The summed E-state index contributed by atoms with van der Waals surface area (Å²) in [5, 5.41) is 0.501. The number of aryl methyl sites for hydroxylation is 2. The van der Waals surface area contributed by atoms with Gasteiger partial charge in [0.25, 0.3) is 5.91 Å². The Balaban J connectivity index is 1.72. The molecule has 0 aliphatic carbocycles. The fourth-order valence-corrected chi connectivity index (χ4v) is 4.95. The lowest BCUT2D eigenvalue weighted by Gasteiger charge is -2.34. The van der Waals surface area contributed by atoms with Crippen LogP contribution < -0.4 is 0 Å². The van der Waals surface area contributed by atoms with Gasteiger partial charge in [-0.2, -0.15) is 4.31 Å². The Bertz CT molecular complexity index is 984. The predicted octanol–water partition coefficient (Wildman–Crippen LogP) is 3.76. The van der Waals surface area contributed by atoms with Crippen LogP contribution in [0.3, 0.4) is 0 Å². The maximum absolute atomic E-state index is 12.8. The number of hydrogen-bond acceptors (Lipinski definition) is 3. The van der Waals surface area contributed by atoms with Gasteiger partial charge in [-0.25, -0.2) is 8.42 Å². The molecule has 27 heavy (non-hydrogen) atoms. The van der Waals surface area contributed by atoms with Crippen LogP contribution in [0.25, 0.3) is 0 Å². The van der Waals surface area contributed by atoms with Crippen molar-refractivity contribution in [3.05, 3.63) is 63.1 Å². The number of nitrogens with zero attached hydrogens (tertiary/aromatic N) is 2. The smallest absolute Gasteiger partial charge is 0.254 e. The standard InChI is InChI=1S/C19H20Cl2N2O3S/c1-13-3-5-16(14(2)11-13)19(24)22-7-9-23(10-8-22)27(25,26)15-4-6-17(20)18(21)12-15/h3-6,11-12H,7-10H2,1-2H3. The van der Waals surface area contributed by atoms with Gasteiger partial charge in [0.05, 0.1) is 14.9 Å². The van der Waals surface area contributed by atoms with Crippen LogP contribution in [0.2, 0.25) is 10.0 Å². The summed E-state index contributed by atoms with van der Waals surface area (Å²) in [5.41, 5.74) is 2.67. The molecule has 2 aromatic rings. The Morgan fingerprint density at radius 2 is 1.59 bits per heavy atom. The molecule has 0 N–H and O–H groups in total. The molecule has 0 saturated carbocycles. The number of piperazine rings is 1. The van der Waals surface area contributed by atoms with Crippen molar-refractivity contribution >= 4 is 39.1 Å². The van der Waals surface area contributed by atoms with Crippen molar-refractivity contribution < 1.29 is 13.2 Å². The molecule has 1 saturated heterocycles. The summed E-state index contributed by atoms with van der Waals surface area (Å²) in [5.74, 6) is -0.0703. The molecule has 8 heteroatoms. The van der Waals surface area contributed by atoms with Gasteiger partial charge in [0.1, 0.15) is 0 Å². The third kappa shape index (κ3) is 4.14. The van der Waals surface area contributed by atoms with Crippen LogP contribution in [0.1, 0.15) is 21.5 Å². The van der Waals surface area contributed by atoms with E-state index in [1.165, 1.54) is 22.5 Å². The largest absolute Gasteiger partial charge is 0.336 e. The Morgan fingerprint density at radius 1 is 0.926 bits per heavy atom. The number of carbonyl (C=O) groups is 1. The second-order valence-corrected chi connectivity index (χ2v) is 9.34. The first-order chi connectivity index (χ1) is 12.7. The predicted molar refractivity (Wildman–Crippen MR) is 107 cm³/mol. The highest BCUT2D eigenvalue weighted by Crippen LogP contribution is 2.27. The van der Waals surface area contributed by atoms with Gasteiger partial charge >= 0.3 is 0 Å². The molecule has 1 fully saturated rings. The van der Waals surface area contributed by atoms with Crippen molar-refractivity contribution in [2.75, 3.05) is 26.2 Å². The van der Waals surface area contributed by atoms with Gasteiger partial charge in [-0.3, -0.25) is 4.79 Å². The normalized spacial score (nSPS) is 15.8. The van der Waals surface area contributed by atoms with E-state index in [1.807, 2.05) is 32.0 Å². The minimum atomic E-state index is -3.68. The summed E-state index contributed by atoms with van der Waals surface area (Å²) in [6.45, 7) is 5.04. The summed E-state index contributed by atoms with van der Waals surface area (Å²) in [6.07, 6.45) is 0.